The van der Waals surface area contributed by atoms with Gasteiger partial charge in [0.25, 0.3) is 0 Å². The second kappa shape index (κ2) is 7.29. The summed E-state index contributed by atoms with van der Waals surface area (Å²) in [6.07, 6.45) is 4.76. The van der Waals surface area contributed by atoms with Crippen LogP contribution in [0.4, 0.5) is 17.2 Å². The molecule has 0 unspecified atom stereocenters. The van der Waals surface area contributed by atoms with Crippen molar-refractivity contribution in [2.24, 2.45) is 0 Å². The van der Waals surface area contributed by atoms with E-state index < -0.39 is 0 Å². The van der Waals surface area contributed by atoms with E-state index in [0.29, 0.717) is 29.7 Å². The summed E-state index contributed by atoms with van der Waals surface area (Å²) in [5.41, 5.74) is 7.80. The number of hydrogen-bond acceptors (Lipinski definition) is 6. The minimum atomic E-state index is 0.312. The predicted molar refractivity (Wildman–Crippen MR) is 107 cm³/mol. The SMILES string of the molecule is CCN(c1ncnc(Oc2cccnc2)c1N)c1cccc2ccccc12. The number of aromatic nitrogens is 3. The first kappa shape index (κ1) is 16.8. The maximum absolute atomic E-state index is 6.38. The smallest absolute Gasteiger partial charge is 0.248 e. The van der Waals surface area contributed by atoms with Crippen molar-refractivity contribution in [3.63, 3.8) is 0 Å². The Morgan fingerprint density at radius 2 is 1.85 bits per heavy atom. The molecule has 0 radical (unpaired) electrons. The molecule has 0 aliphatic rings. The van der Waals surface area contributed by atoms with Crippen LogP contribution in [0.2, 0.25) is 0 Å². The molecule has 0 saturated heterocycles. The number of nitrogens with zero attached hydrogens (tertiary/aromatic N) is 4. The van der Waals surface area contributed by atoms with Crippen LogP contribution in [-0.2, 0) is 0 Å². The molecule has 134 valence electrons. The Morgan fingerprint density at radius 3 is 2.67 bits per heavy atom. The standard InChI is InChI=1S/C21H19N5O/c1-2-26(18-11-5-8-15-7-3-4-10-17(15)18)20-19(22)21(25-14-24-20)27-16-9-6-12-23-13-16/h3-14H,2,22H2,1H3. The first-order chi connectivity index (χ1) is 13.3. The van der Waals surface area contributed by atoms with Gasteiger partial charge < -0.3 is 15.4 Å². The van der Waals surface area contributed by atoms with E-state index >= 15 is 0 Å². The topological polar surface area (TPSA) is 77.2 Å². The summed E-state index contributed by atoms with van der Waals surface area (Å²) in [5.74, 6) is 1.50. The Bertz CT molecular complexity index is 1060. The minimum Gasteiger partial charge on any atom is -0.435 e. The van der Waals surface area contributed by atoms with Crippen LogP contribution in [0, 0.1) is 0 Å². The van der Waals surface area contributed by atoms with E-state index in [4.69, 9.17) is 10.5 Å². The highest BCUT2D eigenvalue weighted by Crippen LogP contribution is 2.37. The molecule has 4 aromatic rings. The molecule has 6 heteroatoms. The van der Waals surface area contributed by atoms with Crippen molar-refractivity contribution < 1.29 is 4.74 Å². The Labute approximate surface area is 157 Å². The van der Waals surface area contributed by atoms with Crippen LogP contribution in [0.25, 0.3) is 10.8 Å². The maximum atomic E-state index is 6.38. The minimum absolute atomic E-state index is 0.312. The molecule has 2 heterocycles. The van der Waals surface area contributed by atoms with E-state index in [0.717, 1.165) is 16.5 Å². The molecule has 0 amide bonds. The van der Waals surface area contributed by atoms with E-state index in [9.17, 15) is 0 Å². The number of rotatable bonds is 5. The van der Waals surface area contributed by atoms with Gasteiger partial charge in [-0.1, -0.05) is 36.4 Å². The Hall–Kier alpha value is -3.67. The molecule has 0 fully saturated rings. The number of hydrogen-bond donors (Lipinski definition) is 1. The molecule has 27 heavy (non-hydrogen) atoms. The number of pyridine rings is 1. The van der Waals surface area contributed by atoms with E-state index in [-0.39, 0.29) is 0 Å². The molecular formula is C21H19N5O. The molecule has 2 aromatic heterocycles. The van der Waals surface area contributed by atoms with Crippen LogP contribution < -0.4 is 15.4 Å². The van der Waals surface area contributed by atoms with Crippen LogP contribution in [-0.4, -0.2) is 21.5 Å². The highest BCUT2D eigenvalue weighted by molar-refractivity contribution is 5.96. The van der Waals surface area contributed by atoms with Gasteiger partial charge in [0.2, 0.25) is 5.88 Å². The summed E-state index contributed by atoms with van der Waals surface area (Å²) in [6.45, 7) is 2.76. The van der Waals surface area contributed by atoms with Crippen molar-refractivity contribution in [2.45, 2.75) is 6.92 Å². The third kappa shape index (κ3) is 3.25. The van der Waals surface area contributed by atoms with Gasteiger partial charge in [-0.15, -0.1) is 0 Å². The molecule has 0 bridgehead atoms. The predicted octanol–water partition coefficient (Wildman–Crippen LogP) is 4.56. The first-order valence-electron chi connectivity index (χ1n) is 8.71. The number of nitrogens with two attached hydrogens (primary N) is 1. The number of fused-ring (bicyclic) bond motifs is 1. The van der Waals surface area contributed by atoms with E-state index in [1.165, 1.54) is 6.33 Å². The van der Waals surface area contributed by atoms with Crippen molar-refractivity contribution in [2.75, 3.05) is 17.2 Å². The fourth-order valence-corrected chi connectivity index (χ4v) is 3.06. The molecule has 0 saturated carbocycles. The molecular weight excluding hydrogens is 338 g/mol. The number of anilines is 3. The lowest BCUT2D eigenvalue weighted by Crippen LogP contribution is -2.19. The van der Waals surface area contributed by atoms with E-state index in [1.807, 2.05) is 18.2 Å². The number of benzene rings is 2. The largest absolute Gasteiger partial charge is 0.435 e. The molecule has 2 aromatic carbocycles. The average Bonchev–Trinajstić information content (AvgIpc) is 2.72. The fraction of sp³-hybridized carbons (Fsp3) is 0.0952. The van der Waals surface area contributed by atoms with Gasteiger partial charge in [0.05, 0.1) is 11.9 Å². The lowest BCUT2D eigenvalue weighted by atomic mass is 10.1. The third-order valence-electron chi connectivity index (χ3n) is 4.30. The van der Waals surface area contributed by atoms with E-state index in [2.05, 4.69) is 51.0 Å². The van der Waals surface area contributed by atoms with Gasteiger partial charge in [0.15, 0.2) is 5.82 Å². The number of nitrogen functional groups attached to an aromatic ring is 1. The van der Waals surface area contributed by atoms with Crippen molar-refractivity contribution >= 4 is 28.0 Å². The molecule has 0 atom stereocenters. The van der Waals surface area contributed by atoms with Crippen molar-refractivity contribution in [1.82, 2.24) is 15.0 Å². The molecule has 6 nitrogen and oxygen atoms in total. The van der Waals surface area contributed by atoms with Gasteiger partial charge in [-0.05, 0) is 30.5 Å². The molecule has 2 N–H and O–H groups in total. The van der Waals surface area contributed by atoms with Crippen LogP contribution >= 0.6 is 0 Å². The highest BCUT2D eigenvalue weighted by Gasteiger charge is 2.18. The van der Waals surface area contributed by atoms with Gasteiger partial charge in [0, 0.05) is 18.1 Å². The van der Waals surface area contributed by atoms with Gasteiger partial charge in [-0.3, -0.25) is 4.98 Å². The van der Waals surface area contributed by atoms with Crippen LogP contribution in [0.1, 0.15) is 6.92 Å². The summed E-state index contributed by atoms with van der Waals surface area (Å²) in [4.78, 5) is 14.7. The molecule has 0 aliphatic carbocycles. The van der Waals surface area contributed by atoms with Gasteiger partial charge in [-0.2, -0.15) is 4.98 Å². The molecule has 0 aliphatic heterocycles. The summed E-state index contributed by atoms with van der Waals surface area (Å²) in [5, 5.41) is 2.29. The zero-order valence-corrected chi connectivity index (χ0v) is 14.9. The molecule has 4 rings (SSSR count). The van der Waals surface area contributed by atoms with Gasteiger partial charge in [0.1, 0.15) is 17.8 Å². The third-order valence-corrected chi connectivity index (χ3v) is 4.30. The van der Waals surface area contributed by atoms with Crippen LogP contribution in [0.3, 0.4) is 0 Å². The quantitative estimate of drug-likeness (QED) is 0.564. The Kier molecular flexibility index (Phi) is 4.53. The fourth-order valence-electron chi connectivity index (χ4n) is 3.06. The zero-order valence-electron chi connectivity index (χ0n) is 14.9. The maximum Gasteiger partial charge on any atom is 0.248 e. The van der Waals surface area contributed by atoms with Crippen LogP contribution in [0.15, 0.2) is 73.3 Å². The second-order valence-corrected chi connectivity index (χ2v) is 5.95. The Morgan fingerprint density at radius 1 is 1.00 bits per heavy atom. The van der Waals surface area contributed by atoms with Crippen molar-refractivity contribution in [1.29, 1.82) is 0 Å². The summed E-state index contributed by atoms with van der Waals surface area (Å²) in [7, 11) is 0. The van der Waals surface area contributed by atoms with Gasteiger partial charge >= 0.3 is 0 Å². The van der Waals surface area contributed by atoms with Crippen molar-refractivity contribution in [3.8, 4) is 11.6 Å². The van der Waals surface area contributed by atoms with Crippen LogP contribution in [0.5, 0.6) is 11.6 Å². The first-order valence-corrected chi connectivity index (χ1v) is 8.71. The lowest BCUT2D eigenvalue weighted by molar-refractivity contribution is 0.462. The monoisotopic (exact) mass is 357 g/mol. The number of ether oxygens (including phenoxy) is 1. The normalized spacial score (nSPS) is 10.7. The summed E-state index contributed by atoms with van der Waals surface area (Å²) in [6, 6.07) is 18.0. The van der Waals surface area contributed by atoms with Crippen molar-refractivity contribution in [3.05, 3.63) is 73.3 Å². The Balaban J connectivity index is 1.78. The molecule has 0 spiro atoms. The second-order valence-electron chi connectivity index (χ2n) is 5.95. The van der Waals surface area contributed by atoms with Gasteiger partial charge in [-0.25, -0.2) is 4.98 Å². The summed E-state index contributed by atoms with van der Waals surface area (Å²) >= 11 is 0. The lowest BCUT2D eigenvalue weighted by Gasteiger charge is -2.25. The average molecular weight is 357 g/mol. The summed E-state index contributed by atoms with van der Waals surface area (Å²) < 4.78 is 5.80. The van der Waals surface area contributed by atoms with E-state index in [1.54, 1.807) is 24.5 Å². The zero-order chi connectivity index (χ0) is 18.6. The highest BCUT2D eigenvalue weighted by atomic mass is 16.5.